The monoisotopic (exact) mass is 403 g/mol. The number of hydrogen-bond donors (Lipinski definition) is 1. The Morgan fingerprint density at radius 3 is 2.68 bits per heavy atom. The van der Waals surface area contributed by atoms with Crippen LogP contribution in [0.4, 0.5) is 0 Å². The van der Waals surface area contributed by atoms with E-state index in [4.69, 9.17) is 13.9 Å². The van der Waals surface area contributed by atoms with Gasteiger partial charge < -0.3 is 19.2 Å². The number of amides is 1. The molecule has 5 nitrogen and oxygen atoms in total. The fourth-order valence-electron chi connectivity index (χ4n) is 3.87. The zero-order valence-corrected chi connectivity index (χ0v) is 19.1. The summed E-state index contributed by atoms with van der Waals surface area (Å²) in [4.78, 5) is 12.4. The first kappa shape index (κ1) is 20.9. The molecular weight excluding hydrogens is 370 g/mol. The molecule has 1 heterocycles. The van der Waals surface area contributed by atoms with Crippen molar-refractivity contribution in [1.82, 2.24) is 5.32 Å². The quantitative estimate of drug-likeness (QED) is 0.592. The number of carbonyl (C=O) groups is 1. The van der Waals surface area contributed by atoms with E-state index in [1.807, 2.05) is 18.2 Å². The number of methoxy groups -OCH3 is 1. The molecule has 3 atom stereocenters. The Balaban J connectivity index is 1.97. The summed E-state index contributed by atoms with van der Waals surface area (Å²) in [6, 6.07) is 5.90. The SMILES string of the molecule is CNC(=O)C[C@]12C=C[C@@H](O[Si](C)(C)C(C)(C)C)C[C@H]1Oc1c(OC)cccc12. The number of para-hydroxylation sites is 1. The van der Waals surface area contributed by atoms with Gasteiger partial charge in [0.1, 0.15) is 6.10 Å². The first-order valence-electron chi connectivity index (χ1n) is 9.96. The molecule has 0 saturated heterocycles. The zero-order valence-electron chi connectivity index (χ0n) is 18.1. The molecule has 0 radical (unpaired) electrons. The van der Waals surface area contributed by atoms with Crippen LogP contribution >= 0.6 is 0 Å². The van der Waals surface area contributed by atoms with Gasteiger partial charge in [-0.05, 0) is 24.2 Å². The van der Waals surface area contributed by atoms with Crippen molar-refractivity contribution >= 4 is 14.2 Å². The van der Waals surface area contributed by atoms with Crippen molar-refractivity contribution in [2.45, 2.75) is 69.4 Å². The van der Waals surface area contributed by atoms with Crippen molar-refractivity contribution in [3.05, 3.63) is 35.9 Å². The smallest absolute Gasteiger partial charge is 0.221 e. The molecule has 1 aromatic rings. The summed E-state index contributed by atoms with van der Waals surface area (Å²) >= 11 is 0. The van der Waals surface area contributed by atoms with Gasteiger partial charge in [-0.2, -0.15) is 0 Å². The van der Waals surface area contributed by atoms with E-state index in [0.717, 1.165) is 17.7 Å². The molecule has 1 N–H and O–H groups in total. The molecule has 6 heteroatoms. The summed E-state index contributed by atoms with van der Waals surface area (Å²) in [5, 5.41) is 2.90. The van der Waals surface area contributed by atoms with E-state index in [-0.39, 0.29) is 23.2 Å². The third-order valence-electron chi connectivity index (χ3n) is 6.57. The minimum absolute atomic E-state index is 0.00214. The van der Waals surface area contributed by atoms with Gasteiger partial charge in [0.25, 0.3) is 0 Å². The lowest BCUT2D eigenvalue weighted by molar-refractivity contribution is -0.122. The molecule has 2 aliphatic rings. The highest BCUT2D eigenvalue weighted by molar-refractivity contribution is 6.74. The Labute approximate surface area is 169 Å². The molecule has 1 amide bonds. The van der Waals surface area contributed by atoms with Gasteiger partial charge in [0.15, 0.2) is 19.8 Å². The first-order chi connectivity index (χ1) is 13.0. The van der Waals surface area contributed by atoms with Crippen LogP contribution in [-0.2, 0) is 14.6 Å². The molecule has 0 bridgehead atoms. The van der Waals surface area contributed by atoms with Gasteiger partial charge in [-0.15, -0.1) is 0 Å². The summed E-state index contributed by atoms with van der Waals surface area (Å²) in [5.74, 6) is 1.45. The van der Waals surface area contributed by atoms with E-state index in [0.29, 0.717) is 12.2 Å². The Hall–Kier alpha value is -1.79. The van der Waals surface area contributed by atoms with E-state index in [1.54, 1.807) is 14.2 Å². The molecule has 0 fully saturated rings. The summed E-state index contributed by atoms with van der Waals surface area (Å²) in [5.41, 5.74) is 0.527. The van der Waals surface area contributed by atoms with Crippen LogP contribution in [-0.4, -0.2) is 40.6 Å². The largest absolute Gasteiger partial charge is 0.493 e. The van der Waals surface area contributed by atoms with Gasteiger partial charge in [0.2, 0.25) is 5.91 Å². The average molecular weight is 404 g/mol. The Morgan fingerprint density at radius 2 is 2.07 bits per heavy atom. The normalized spacial score (nSPS) is 26.2. The molecule has 3 rings (SSSR count). The fourth-order valence-corrected chi connectivity index (χ4v) is 5.16. The van der Waals surface area contributed by atoms with Crippen molar-refractivity contribution in [3.8, 4) is 11.5 Å². The van der Waals surface area contributed by atoms with Gasteiger partial charge in [-0.1, -0.05) is 45.1 Å². The number of fused-ring (bicyclic) bond motifs is 3. The maximum atomic E-state index is 12.4. The van der Waals surface area contributed by atoms with Gasteiger partial charge >= 0.3 is 0 Å². The Kier molecular flexibility index (Phi) is 5.40. The highest BCUT2D eigenvalue weighted by Crippen LogP contribution is 2.53. The van der Waals surface area contributed by atoms with Crippen molar-refractivity contribution in [3.63, 3.8) is 0 Å². The lowest BCUT2D eigenvalue weighted by atomic mass is 9.69. The number of nitrogens with one attached hydrogen (secondary N) is 1. The molecule has 1 aliphatic carbocycles. The van der Waals surface area contributed by atoms with Crippen molar-refractivity contribution < 1.29 is 18.7 Å². The minimum atomic E-state index is -1.91. The number of rotatable bonds is 5. The van der Waals surface area contributed by atoms with Crippen LogP contribution in [0.3, 0.4) is 0 Å². The third-order valence-corrected chi connectivity index (χ3v) is 11.1. The molecule has 1 aliphatic heterocycles. The lowest BCUT2D eigenvalue weighted by Gasteiger charge is -2.42. The fraction of sp³-hybridized carbons (Fsp3) is 0.591. The van der Waals surface area contributed by atoms with Crippen LogP contribution in [0.2, 0.25) is 18.1 Å². The highest BCUT2D eigenvalue weighted by atomic mass is 28.4. The minimum Gasteiger partial charge on any atom is -0.493 e. The predicted molar refractivity (Wildman–Crippen MR) is 114 cm³/mol. The van der Waals surface area contributed by atoms with Gasteiger partial charge in [0.05, 0.1) is 18.6 Å². The first-order valence-corrected chi connectivity index (χ1v) is 12.9. The predicted octanol–water partition coefficient (Wildman–Crippen LogP) is 4.18. The number of carbonyl (C=O) groups excluding carboxylic acids is 1. The average Bonchev–Trinajstić information content (AvgIpc) is 2.94. The van der Waals surface area contributed by atoms with Crippen LogP contribution in [0, 0.1) is 0 Å². The van der Waals surface area contributed by atoms with E-state index in [1.165, 1.54) is 0 Å². The highest BCUT2D eigenvalue weighted by Gasteiger charge is 2.52. The number of ether oxygens (including phenoxy) is 2. The van der Waals surface area contributed by atoms with Crippen molar-refractivity contribution in [2.75, 3.05) is 14.2 Å². The topological polar surface area (TPSA) is 56.8 Å². The number of benzene rings is 1. The molecule has 28 heavy (non-hydrogen) atoms. The second-order valence-corrected chi connectivity index (χ2v) is 14.1. The Bertz CT molecular complexity index is 783. The molecule has 0 saturated carbocycles. The maximum Gasteiger partial charge on any atom is 0.221 e. The zero-order chi connectivity index (χ0) is 20.7. The maximum absolute atomic E-state index is 12.4. The summed E-state index contributed by atoms with van der Waals surface area (Å²) in [7, 11) is 1.41. The summed E-state index contributed by atoms with van der Waals surface area (Å²) in [6.45, 7) is 11.3. The molecular formula is C22H33NO4Si. The van der Waals surface area contributed by atoms with Gasteiger partial charge in [0, 0.05) is 25.5 Å². The second-order valence-electron chi connectivity index (χ2n) is 9.35. The second kappa shape index (κ2) is 7.23. The van der Waals surface area contributed by atoms with Crippen LogP contribution in [0.25, 0.3) is 0 Å². The Morgan fingerprint density at radius 1 is 1.36 bits per heavy atom. The van der Waals surface area contributed by atoms with Gasteiger partial charge in [-0.25, -0.2) is 0 Å². The van der Waals surface area contributed by atoms with Crippen molar-refractivity contribution in [1.29, 1.82) is 0 Å². The summed E-state index contributed by atoms with van der Waals surface area (Å²) < 4.78 is 18.5. The molecule has 154 valence electrons. The standard InChI is InChI=1S/C22H33NO4Si/c1-21(2,3)28(6,7)27-15-11-12-22(14-19(24)23-4)16-9-8-10-17(25-5)20(16)26-18(22)13-15/h8-12,15,18H,13-14H2,1-7H3,(H,23,24)/t15-,18-,22+/m1/s1. The summed E-state index contributed by atoms with van der Waals surface area (Å²) in [6.07, 6.45) is 5.17. The lowest BCUT2D eigenvalue weighted by Crippen LogP contribution is -2.49. The van der Waals surface area contributed by atoms with E-state index < -0.39 is 13.7 Å². The third kappa shape index (κ3) is 3.48. The number of hydrogen-bond acceptors (Lipinski definition) is 4. The van der Waals surface area contributed by atoms with Crippen LogP contribution in [0.5, 0.6) is 11.5 Å². The van der Waals surface area contributed by atoms with Gasteiger partial charge in [-0.3, -0.25) is 4.79 Å². The van der Waals surface area contributed by atoms with Crippen LogP contribution in [0.15, 0.2) is 30.4 Å². The molecule has 0 aromatic heterocycles. The van der Waals surface area contributed by atoms with Crippen molar-refractivity contribution in [2.24, 2.45) is 0 Å². The van der Waals surface area contributed by atoms with E-state index in [9.17, 15) is 4.79 Å². The molecule has 0 unspecified atom stereocenters. The van der Waals surface area contributed by atoms with E-state index in [2.05, 4.69) is 51.3 Å². The van der Waals surface area contributed by atoms with Crippen LogP contribution < -0.4 is 14.8 Å². The molecule has 1 aromatic carbocycles. The molecule has 0 spiro atoms. The van der Waals surface area contributed by atoms with Crippen LogP contribution in [0.1, 0.15) is 39.2 Å². The van der Waals surface area contributed by atoms with E-state index >= 15 is 0 Å².